The van der Waals surface area contributed by atoms with Gasteiger partial charge in [-0.1, -0.05) is 24.3 Å². The average Bonchev–Trinajstić information content (AvgIpc) is 3.07. The van der Waals surface area contributed by atoms with Gasteiger partial charge in [-0.15, -0.1) is 0 Å². The van der Waals surface area contributed by atoms with E-state index in [9.17, 15) is 9.18 Å². The van der Waals surface area contributed by atoms with Crippen LogP contribution in [0, 0.1) is 11.7 Å². The fourth-order valence-corrected chi connectivity index (χ4v) is 3.48. The zero-order valence-corrected chi connectivity index (χ0v) is 14.4. The Kier molecular flexibility index (Phi) is 5.34. The Balaban J connectivity index is 1.93. The summed E-state index contributed by atoms with van der Waals surface area (Å²) < 4.78 is 24.2. The van der Waals surface area contributed by atoms with Crippen LogP contribution >= 0.6 is 0 Å². The van der Waals surface area contributed by atoms with Crippen LogP contribution in [0.25, 0.3) is 0 Å². The van der Waals surface area contributed by atoms with Crippen molar-refractivity contribution in [1.29, 1.82) is 0 Å². The molecule has 0 bridgehead atoms. The van der Waals surface area contributed by atoms with Crippen LogP contribution in [0.1, 0.15) is 30.0 Å². The molecule has 0 aliphatic carbocycles. The molecular formula is C20H22FNO3. The van der Waals surface area contributed by atoms with Gasteiger partial charge in [-0.2, -0.15) is 0 Å². The fourth-order valence-electron chi connectivity index (χ4n) is 3.48. The maximum absolute atomic E-state index is 13.6. The fraction of sp³-hybridized carbons (Fsp3) is 0.350. The van der Waals surface area contributed by atoms with E-state index in [1.807, 2.05) is 30.3 Å². The van der Waals surface area contributed by atoms with Crippen molar-refractivity contribution in [2.24, 2.45) is 5.92 Å². The Morgan fingerprint density at radius 2 is 1.96 bits per heavy atom. The van der Waals surface area contributed by atoms with E-state index in [0.717, 1.165) is 16.9 Å². The summed E-state index contributed by atoms with van der Waals surface area (Å²) in [6.07, 6.45) is 0. The van der Waals surface area contributed by atoms with Gasteiger partial charge in [0.1, 0.15) is 11.6 Å². The van der Waals surface area contributed by atoms with Crippen LogP contribution in [0.15, 0.2) is 48.5 Å². The molecule has 0 saturated carbocycles. The molecule has 0 spiro atoms. The Hall–Kier alpha value is -2.40. The second-order valence-electron chi connectivity index (χ2n) is 6.10. The molecule has 2 aromatic carbocycles. The summed E-state index contributed by atoms with van der Waals surface area (Å²) in [5.41, 5.74) is 1.79. The lowest BCUT2D eigenvalue weighted by Gasteiger charge is -2.23. The summed E-state index contributed by atoms with van der Waals surface area (Å²) in [6, 6.07) is 13.9. The number of methoxy groups -OCH3 is 1. The third kappa shape index (κ3) is 3.66. The van der Waals surface area contributed by atoms with Gasteiger partial charge in [0.25, 0.3) is 0 Å². The van der Waals surface area contributed by atoms with Gasteiger partial charge >= 0.3 is 5.97 Å². The minimum Gasteiger partial charge on any atom is -0.497 e. The van der Waals surface area contributed by atoms with Crippen molar-refractivity contribution in [1.82, 2.24) is 5.32 Å². The molecule has 2 aromatic rings. The van der Waals surface area contributed by atoms with Crippen molar-refractivity contribution in [2.45, 2.75) is 18.9 Å². The zero-order valence-electron chi connectivity index (χ0n) is 14.4. The minimum absolute atomic E-state index is 0.137. The third-order valence-corrected chi connectivity index (χ3v) is 4.66. The van der Waals surface area contributed by atoms with E-state index >= 15 is 0 Å². The molecule has 132 valence electrons. The molecule has 0 radical (unpaired) electrons. The standard InChI is InChI=1S/C20H22FNO3/c1-3-25-20(23)18-17(14-5-4-6-15(21)11-14)12-22-19(18)13-7-9-16(24-2)10-8-13/h4-11,17-19,22H,3,12H2,1-2H3/t17-,18-,19+/m1/s1. The quantitative estimate of drug-likeness (QED) is 0.845. The topological polar surface area (TPSA) is 47.6 Å². The number of carbonyl (C=O) groups excluding carboxylic acids is 1. The lowest BCUT2D eigenvalue weighted by molar-refractivity contribution is -0.148. The largest absolute Gasteiger partial charge is 0.497 e. The van der Waals surface area contributed by atoms with Gasteiger partial charge in [-0.05, 0) is 42.3 Å². The van der Waals surface area contributed by atoms with Crippen LogP contribution < -0.4 is 10.1 Å². The van der Waals surface area contributed by atoms with Gasteiger partial charge in [0.15, 0.2) is 0 Å². The Bertz CT molecular complexity index is 732. The maximum atomic E-state index is 13.6. The van der Waals surface area contributed by atoms with E-state index in [4.69, 9.17) is 9.47 Å². The number of ether oxygens (including phenoxy) is 2. The highest BCUT2D eigenvalue weighted by molar-refractivity contribution is 5.75. The van der Waals surface area contributed by atoms with Crippen molar-refractivity contribution in [3.63, 3.8) is 0 Å². The van der Waals surface area contributed by atoms with Crippen molar-refractivity contribution in [3.8, 4) is 5.75 Å². The van der Waals surface area contributed by atoms with E-state index in [1.165, 1.54) is 12.1 Å². The molecule has 4 nitrogen and oxygen atoms in total. The van der Waals surface area contributed by atoms with Crippen molar-refractivity contribution in [2.75, 3.05) is 20.3 Å². The van der Waals surface area contributed by atoms with Crippen LogP contribution in [-0.4, -0.2) is 26.2 Å². The zero-order chi connectivity index (χ0) is 17.8. The van der Waals surface area contributed by atoms with E-state index in [-0.39, 0.29) is 23.7 Å². The highest BCUT2D eigenvalue weighted by Crippen LogP contribution is 2.41. The predicted octanol–water partition coefficient (Wildman–Crippen LogP) is 3.44. The second kappa shape index (κ2) is 7.66. The number of nitrogens with one attached hydrogen (secondary N) is 1. The van der Waals surface area contributed by atoms with Crippen LogP contribution in [0.3, 0.4) is 0 Å². The van der Waals surface area contributed by atoms with Gasteiger partial charge in [-0.25, -0.2) is 4.39 Å². The molecule has 0 aromatic heterocycles. The molecule has 0 unspecified atom stereocenters. The maximum Gasteiger partial charge on any atom is 0.311 e. The highest BCUT2D eigenvalue weighted by atomic mass is 19.1. The minimum atomic E-state index is -0.407. The predicted molar refractivity (Wildman–Crippen MR) is 93.0 cm³/mol. The SMILES string of the molecule is CCOC(=O)[C@@H]1[C@@H](c2cccc(F)c2)CN[C@H]1c1ccc(OC)cc1. The highest BCUT2D eigenvalue weighted by Gasteiger charge is 2.43. The number of esters is 1. The number of halogens is 1. The first-order valence-corrected chi connectivity index (χ1v) is 8.43. The summed E-state index contributed by atoms with van der Waals surface area (Å²) in [5, 5.41) is 3.40. The summed E-state index contributed by atoms with van der Waals surface area (Å²) in [4.78, 5) is 12.6. The molecule has 5 heteroatoms. The number of rotatable bonds is 5. The lowest BCUT2D eigenvalue weighted by atomic mass is 9.83. The van der Waals surface area contributed by atoms with Gasteiger partial charge in [0, 0.05) is 18.5 Å². The van der Waals surface area contributed by atoms with Crippen molar-refractivity contribution in [3.05, 3.63) is 65.5 Å². The number of benzene rings is 2. The molecule has 1 heterocycles. The van der Waals surface area contributed by atoms with Gasteiger partial charge in [-0.3, -0.25) is 4.79 Å². The smallest absolute Gasteiger partial charge is 0.311 e. The molecule has 1 fully saturated rings. The molecular weight excluding hydrogens is 321 g/mol. The summed E-state index contributed by atoms with van der Waals surface area (Å²) in [5.74, 6) is -0.344. The number of hydrogen-bond donors (Lipinski definition) is 1. The van der Waals surface area contributed by atoms with E-state index < -0.39 is 5.92 Å². The molecule has 0 amide bonds. The van der Waals surface area contributed by atoms with E-state index in [0.29, 0.717) is 13.2 Å². The number of hydrogen-bond acceptors (Lipinski definition) is 4. The Morgan fingerprint density at radius 3 is 2.60 bits per heavy atom. The van der Waals surface area contributed by atoms with Gasteiger partial charge in [0.05, 0.1) is 19.6 Å². The lowest BCUT2D eigenvalue weighted by Crippen LogP contribution is -2.27. The van der Waals surface area contributed by atoms with E-state index in [1.54, 1.807) is 20.1 Å². The summed E-state index contributed by atoms with van der Waals surface area (Å²) in [7, 11) is 1.62. The van der Waals surface area contributed by atoms with Crippen molar-refractivity contribution >= 4 is 5.97 Å². The number of carbonyl (C=O) groups is 1. The molecule has 1 N–H and O–H groups in total. The van der Waals surface area contributed by atoms with Crippen LogP contribution in [-0.2, 0) is 9.53 Å². The first kappa shape index (κ1) is 17.4. The van der Waals surface area contributed by atoms with Crippen LogP contribution in [0.4, 0.5) is 4.39 Å². The molecule has 25 heavy (non-hydrogen) atoms. The average molecular weight is 343 g/mol. The second-order valence-corrected chi connectivity index (χ2v) is 6.10. The molecule has 1 aliphatic heterocycles. The van der Waals surface area contributed by atoms with Crippen LogP contribution in [0.2, 0.25) is 0 Å². The Labute approximate surface area is 147 Å². The molecule has 1 aliphatic rings. The molecule has 3 atom stereocenters. The third-order valence-electron chi connectivity index (χ3n) is 4.66. The summed E-state index contributed by atoms with van der Waals surface area (Å²) >= 11 is 0. The van der Waals surface area contributed by atoms with Gasteiger partial charge in [0.2, 0.25) is 0 Å². The van der Waals surface area contributed by atoms with Crippen molar-refractivity contribution < 1.29 is 18.7 Å². The first-order chi connectivity index (χ1) is 12.1. The first-order valence-electron chi connectivity index (χ1n) is 8.43. The molecule has 3 rings (SSSR count). The Morgan fingerprint density at radius 1 is 1.20 bits per heavy atom. The normalized spacial score (nSPS) is 22.6. The van der Waals surface area contributed by atoms with Gasteiger partial charge < -0.3 is 14.8 Å². The monoisotopic (exact) mass is 343 g/mol. The summed E-state index contributed by atoms with van der Waals surface area (Å²) in [6.45, 7) is 2.70. The van der Waals surface area contributed by atoms with E-state index in [2.05, 4.69) is 5.32 Å². The molecule has 1 saturated heterocycles. The van der Waals surface area contributed by atoms with Crippen LogP contribution in [0.5, 0.6) is 5.75 Å².